The van der Waals surface area contributed by atoms with E-state index in [1.165, 1.54) is 11.8 Å². The molecule has 1 atom stereocenters. The molecule has 2 N–H and O–H groups in total. The maximum atomic E-state index is 11.8. The lowest BCUT2D eigenvalue weighted by atomic mass is 9.87. The van der Waals surface area contributed by atoms with E-state index in [0.717, 1.165) is 5.56 Å². The van der Waals surface area contributed by atoms with Gasteiger partial charge in [-0.1, -0.05) is 44.5 Å². The summed E-state index contributed by atoms with van der Waals surface area (Å²) in [7, 11) is 0. The fourth-order valence-corrected chi connectivity index (χ4v) is 2.62. The average molecular weight is 330 g/mol. The summed E-state index contributed by atoms with van der Waals surface area (Å²) in [6.07, 6.45) is 0. The molecule has 0 aliphatic heterocycles. The van der Waals surface area contributed by atoms with Crippen LogP contribution in [0.4, 0.5) is 0 Å². The second-order valence-corrected chi connectivity index (χ2v) is 7.25. The number of hydrogen-bond donors (Lipinski definition) is 2. The summed E-state index contributed by atoms with van der Waals surface area (Å²) in [6.45, 7) is 5.35. The summed E-state index contributed by atoms with van der Waals surface area (Å²) in [4.78, 5) is 23.0. The Balaban J connectivity index is 2.43. The van der Waals surface area contributed by atoms with Crippen LogP contribution in [0.15, 0.2) is 24.3 Å². The van der Waals surface area contributed by atoms with Gasteiger partial charge in [-0.2, -0.15) is 0 Å². The highest BCUT2D eigenvalue weighted by Gasteiger charge is 2.32. The minimum atomic E-state index is -1.02. The van der Waals surface area contributed by atoms with Crippen molar-refractivity contribution < 1.29 is 14.7 Å². The molecule has 0 fully saturated rings. The normalized spacial score (nSPS) is 12.8. The van der Waals surface area contributed by atoms with Crippen molar-refractivity contribution >= 4 is 35.2 Å². The molecule has 21 heavy (non-hydrogen) atoms. The highest BCUT2D eigenvalue weighted by molar-refractivity contribution is 7.99. The molecule has 0 heterocycles. The van der Waals surface area contributed by atoms with E-state index in [9.17, 15) is 9.59 Å². The molecule has 0 saturated heterocycles. The Kier molecular flexibility index (Phi) is 6.55. The van der Waals surface area contributed by atoms with Gasteiger partial charge in [0.05, 0.1) is 5.75 Å². The van der Waals surface area contributed by atoms with Gasteiger partial charge in [0.1, 0.15) is 6.04 Å². The van der Waals surface area contributed by atoms with E-state index in [4.69, 9.17) is 16.7 Å². The highest BCUT2D eigenvalue weighted by Crippen LogP contribution is 2.20. The first-order valence-electron chi connectivity index (χ1n) is 6.54. The minimum absolute atomic E-state index is 0.225. The van der Waals surface area contributed by atoms with Crippen molar-refractivity contribution in [2.45, 2.75) is 32.6 Å². The molecule has 0 bridgehead atoms. The molecule has 1 aromatic rings. The summed E-state index contributed by atoms with van der Waals surface area (Å²) >= 11 is 7.24. The van der Waals surface area contributed by atoms with Crippen LogP contribution in [-0.2, 0) is 15.3 Å². The molecule has 1 rings (SSSR count). The van der Waals surface area contributed by atoms with Gasteiger partial charge in [0.25, 0.3) is 0 Å². The van der Waals surface area contributed by atoms with E-state index >= 15 is 0 Å². The van der Waals surface area contributed by atoms with Crippen molar-refractivity contribution in [2.75, 3.05) is 5.75 Å². The third-order valence-electron chi connectivity index (χ3n) is 2.83. The first-order valence-corrected chi connectivity index (χ1v) is 8.08. The summed E-state index contributed by atoms with van der Waals surface area (Å²) in [5, 5.41) is 12.4. The lowest BCUT2D eigenvalue weighted by Gasteiger charge is -2.27. The van der Waals surface area contributed by atoms with E-state index in [0.29, 0.717) is 10.8 Å². The fourth-order valence-electron chi connectivity index (χ4n) is 1.69. The molecule has 1 aromatic carbocycles. The Labute approximate surface area is 134 Å². The fraction of sp³-hybridized carbons (Fsp3) is 0.467. The van der Waals surface area contributed by atoms with E-state index < -0.39 is 17.4 Å². The van der Waals surface area contributed by atoms with Gasteiger partial charge >= 0.3 is 5.97 Å². The van der Waals surface area contributed by atoms with Gasteiger partial charge in [-0.3, -0.25) is 4.79 Å². The summed E-state index contributed by atoms with van der Waals surface area (Å²) in [5.41, 5.74) is 0.547. The van der Waals surface area contributed by atoms with Crippen molar-refractivity contribution in [2.24, 2.45) is 5.41 Å². The van der Waals surface area contributed by atoms with Crippen LogP contribution < -0.4 is 5.32 Å². The number of hydrogen-bond acceptors (Lipinski definition) is 3. The van der Waals surface area contributed by atoms with Gasteiger partial charge in [0, 0.05) is 10.8 Å². The molecule has 6 heteroatoms. The zero-order valence-electron chi connectivity index (χ0n) is 12.4. The monoisotopic (exact) mass is 329 g/mol. The average Bonchev–Trinajstić information content (AvgIpc) is 2.36. The van der Waals surface area contributed by atoms with Crippen LogP contribution >= 0.6 is 23.4 Å². The van der Waals surface area contributed by atoms with Gasteiger partial charge < -0.3 is 10.4 Å². The van der Waals surface area contributed by atoms with Gasteiger partial charge in [-0.25, -0.2) is 4.79 Å². The molecular formula is C15H20ClNO3S. The van der Waals surface area contributed by atoms with Crippen LogP contribution in [0.3, 0.4) is 0 Å². The number of carboxylic acid groups (broad SMARTS) is 1. The Morgan fingerprint density at radius 1 is 1.29 bits per heavy atom. The maximum absolute atomic E-state index is 11.8. The number of carbonyl (C=O) groups is 2. The van der Waals surface area contributed by atoms with Crippen LogP contribution in [0.1, 0.15) is 26.3 Å². The number of benzene rings is 1. The smallest absolute Gasteiger partial charge is 0.326 e. The highest BCUT2D eigenvalue weighted by atomic mass is 35.5. The number of rotatable bonds is 6. The van der Waals surface area contributed by atoms with E-state index in [1.807, 2.05) is 12.1 Å². The van der Waals surface area contributed by atoms with Gasteiger partial charge in [-0.05, 0) is 23.1 Å². The molecule has 4 nitrogen and oxygen atoms in total. The first-order chi connectivity index (χ1) is 9.70. The van der Waals surface area contributed by atoms with Crippen molar-refractivity contribution in [1.82, 2.24) is 5.32 Å². The van der Waals surface area contributed by atoms with Crippen LogP contribution in [0.2, 0.25) is 5.02 Å². The quantitative estimate of drug-likeness (QED) is 0.841. The molecule has 0 spiro atoms. The summed E-state index contributed by atoms with van der Waals surface area (Å²) in [6, 6.07) is 6.53. The van der Waals surface area contributed by atoms with Crippen molar-refractivity contribution in [3.05, 3.63) is 34.9 Å². The number of carboxylic acids is 1. The number of thioether (sulfide) groups is 1. The zero-order valence-corrected chi connectivity index (χ0v) is 13.9. The van der Waals surface area contributed by atoms with Gasteiger partial charge in [0.2, 0.25) is 5.91 Å². The second-order valence-electron chi connectivity index (χ2n) is 5.82. The van der Waals surface area contributed by atoms with E-state index in [1.54, 1.807) is 32.9 Å². The Bertz CT molecular complexity index is 497. The molecule has 0 aliphatic carbocycles. The standard InChI is InChI=1S/C15H20ClNO3S/c1-15(2,3)13(14(19)20)17-12(18)9-21-8-10-4-6-11(16)7-5-10/h4-7,13H,8-9H2,1-3H3,(H,17,18)(H,19,20)/t13-/m1/s1. The van der Waals surface area contributed by atoms with Crippen molar-refractivity contribution in [1.29, 1.82) is 0 Å². The van der Waals surface area contributed by atoms with Crippen LogP contribution in [0.5, 0.6) is 0 Å². The topological polar surface area (TPSA) is 66.4 Å². The Morgan fingerprint density at radius 2 is 1.86 bits per heavy atom. The number of nitrogens with one attached hydrogen (secondary N) is 1. The SMILES string of the molecule is CC(C)(C)[C@H](NC(=O)CSCc1ccc(Cl)cc1)C(=O)O. The minimum Gasteiger partial charge on any atom is -0.480 e. The maximum Gasteiger partial charge on any atom is 0.326 e. The van der Waals surface area contributed by atoms with Crippen molar-refractivity contribution in [3.8, 4) is 0 Å². The first kappa shape index (κ1) is 17.9. The molecule has 1 amide bonds. The number of aliphatic carboxylic acids is 1. The molecule has 0 aromatic heterocycles. The predicted molar refractivity (Wildman–Crippen MR) is 86.6 cm³/mol. The van der Waals surface area contributed by atoms with E-state index in [2.05, 4.69) is 5.32 Å². The van der Waals surface area contributed by atoms with Gasteiger partial charge in [-0.15, -0.1) is 11.8 Å². The molecule has 0 radical (unpaired) electrons. The lowest BCUT2D eigenvalue weighted by molar-refractivity contribution is -0.144. The Hall–Kier alpha value is -1.20. The van der Waals surface area contributed by atoms with Crippen LogP contribution in [0, 0.1) is 5.41 Å². The van der Waals surface area contributed by atoms with E-state index in [-0.39, 0.29) is 11.7 Å². The van der Waals surface area contributed by atoms with Crippen molar-refractivity contribution in [3.63, 3.8) is 0 Å². The molecule has 116 valence electrons. The predicted octanol–water partition coefficient (Wildman–Crippen LogP) is 3.19. The third kappa shape index (κ3) is 6.40. The largest absolute Gasteiger partial charge is 0.480 e. The third-order valence-corrected chi connectivity index (χ3v) is 4.09. The summed E-state index contributed by atoms with van der Waals surface area (Å²) in [5.74, 6) is -0.379. The van der Waals surface area contributed by atoms with Crippen LogP contribution in [0.25, 0.3) is 0 Å². The molecule has 0 aliphatic rings. The van der Waals surface area contributed by atoms with Crippen LogP contribution in [-0.4, -0.2) is 28.8 Å². The number of carbonyl (C=O) groups excluding carboxylic acids is 1. The lowest BCUT2D eigenvalue weighted by Crippen LogP contribution is -2.49. The zero-order chi connectivity index (χ0) is 16.0. The number of amides is 1. The second kappa shape index (κ2) is 7.71. The summed E-state index contributed by atoms with van der Waals surface area (Å²) < 4.78 is 0. The Morgan fingerprint density at radius 3 is 2.33 bits per heavy atom. The van der Waals surface area contributed by atoms with Gasteiger partial charge in [0.15, 0.2) is 0 Å². The molecule has 0 saturated carbocycles. The molecule has 0 unspecified atom stereocenters. The molecular weight excluding hydrogens is 310 g/mol. The number of halogens is 1.